The summed E-state index contributed by atoms with van der Waals surface area (Å²) in [4.78, 5) is 11.4. The summed E-state index contributed by atoms with van der Waals surface area (Å²) in [5, 5.41) is 0. The number of esters is 1. The summed E-state index contributed by atoms with van der Waals surface area (Å²) in [6.45, 7) is 0. The SMILES string of the molecule is COC(=O)C[C@@H]1CCC[C@H](CCCCCCCCCCc2ccccc2)O1. The first kappa shape index (κ1) is 21.9. The van der Waals surface area contributed by atoms with Gasteiger partial charge in [0.1, 0.15) is 0 Å². The summed E-state index contributed by atoms with van der Waals surface area (Å²) >= 11 is 0. The molecule has 27 heavy (non-hydrogen) atoms. The molecule has 2 atom stereocenters. The van der Waals surface area contributed by atoms with Gasteiger partial charge in [-0.05, 0) is 44.1 Å². The van der Waals surface area contributed by atoms with Gasteiger partial charge in [-0.3, -0.25) is 4.79 Å². The molecule has 1 aromatic carbocycles. The molecular weight excluding hydrogens is 336 g/mol. The first-order valence-electron chi connectivity index (χ1n) is 11.0. The van der Waals surface area contributed by atoms with Crippen molar-refractivity contribution in [1.82, 2.24) is 0 Å². The van der Waals surface area contributed by atoms with E-state index in [1.807, 2.05) is 0 Å². The summed E-state index contributed by atoms with van der Waals surface area (Å²) in [7, 11) is 1.45. The van der Waals surface area contributed by atoms with Crippen LogP contribution in [0.25, 0.3) is 0 Å². The van der Waals surface area contributed by atoms with Gasteiger partial charge >= 0.3 is 5.97 Å². The molecule has 1 heterocycles. The van der Waals surface area contributed by atoms with Gasteiger partial charge in [-0.15, -0.1) is 0 Å². The monoisotopic (exact) mass is 374 g/mol. The second kappa shape index (κ2) is 13.8. The third-order valence-electron chi connectivity index (χ3n) is 5.64. The number of methoxy groups -OCH3 is 1. The van der Waals surface area contributed by atoms with Gasteiger partial charge < -0.3 is 9.47 Å². The Hall–Kier alpha value is -1.35. The van der Waals surface area contributed by atoms with Gasteiger partial charge in [-0.25, -0.2) is 0 Å². The van der Waals surface area contributed by atoms with E-state index in [1.165, 1.54) is 76.9 Å². The largest absolute Gasteiger partial charge is 0.469 e. The highest BCUT2D eigenvalue weighted by atomic mass is 16.5. The molecule has 1 aliphatic heterocycles. The molecule has 0 unspecified atom stereocenters. The third kappa shape index (κ3) is 9.95. The van der Waals surface area contributed by atoms with Crippen LogP contribution in [0.1, 0.15) is 89.0 Å². The fourth-order valence-corrected chi connectivity index (χ4v) is 4.02. The van der Waals surface area contributed by atoms with Gasteiger partial charge in [0.25, 0.3) is 0 Å². The number of aryl methyl sites for hydroxylation is 1. The van der Waals surface area contributed by atoms with Crippen LogP contribution in [-0.4, -0.2) is 25.3 Å². The highest BCUT2D eigenvalue weighted by Gasteiger charge is 2.24. The van der Waals surface area contributed by atoms with E-state index in [0.29, 0.717) is 12.5 Å². The lowest BCUT2D eigenvalue weighted by molar-refractivity contribution is -0.147. The lowest BCUT2D eigenvalue weighted by Gasteiger charge is -2.29. The average molecular weight is 375 g/mol. The van der Waals surface area contributed by atoms with Crippen molar-refractivity contribution < 1.29 is 14.3 Å². The second-order valence-electron chi connectivity index (χ2n) is 7.94. The molecule has 1 fully saturated rings. The Bertz CT molecular complexity index is 500. The van der Waals surface area contributed by atoms with Crippen LogP contribution in [0.15, 0.2) is 30.3 Å². The van der Waals surface area contributed by atoms with E-state index < -0.39 is 0 Å². The maximum atomic E-state index is 11.4. The van der Waals surface area contributed by atoms with Gasteiger partial charge in [-0.1, -0.05) is 75.3 Å². The highest BCUT2D eigenvalue weighted by molar-refractivity contribution is 5.69. The van der Waals surface area contributed by atoms with E-state index in [-0.39, 0.29) is 12.1 Å². The van der Waals surface area contributed by atoms with E-state index in [0.717, 1.165) is 19.3 Å². The smallest absolute Gasteiger partial charge is 0.308 e. The third-order valence-corrected chi connectivity index (χ3v) is 5.64. The van der Waals surface area contributed by atoms with E-state index in [2.05, 4.69) is 30.3 Å². The summed E-state index contributed by atoms with van der Waals surface area (Å²) in [6, 6.07) is 10.8. The molecule has 2 rings (SSSR count). The highest BCUT2D eigenvalue weighted by Crippen LogP contribution is 2.25. The summed E-state index contributed by atoms with van der Waals surface area (Å²) in [5.74, 6) is -0.149. The van der Waals surface area contributed by atoms with Crippen LogP contribution in [-0.2, 0) is 20.7 Å². The summed E-state index contributed by atoms with van der Waals surface area (Å²) < 4.78 is 10.8. The van der Waals surface area contributed by atoms with Crippen LogP contribution < -0.4 is 0 Å². The van der Waals surface area contributed by atoms with Crippen molar-refractivity contribution >= 4 is 5.97 Å². The Labute approximate surface area is 165 Å². The minimum Gasteiger partial charge on any atom is -0.469 e. The van der Waals surface area contributed by atoms with Crippen LogP contribution in [0, 0.1) is 0 Å². The summed E-state index contributed by atoms with van der Waals surface area (Å²) in [5.41, 5.74) is 1.47. The van der Waals surface area contributed by atoms with E-state index in [1.54, 1.807) is 0 Å². The van der Waals surface area contributed by atoms with E-state index in [4.69, 9.17) is 9.47 Å². The molecule has 152 valence electrons. The Kier molecular flexibility index (Phi) is 11.2. The molecule has 1 aliphatic rings. The molecule has 1 aromatic rings. The number of unbranched alkanes of at least 4 members (excludes halogenated alkanes) is 7. The minimum absolute atomic E-state index is 0.0760. The number of hydrogen-bond acceptors (Lipinski definition) is 3. The molecule has 1 saturated heterocycles. The predicted octanol–water partition coefficient (Wildman–Crippen LogP) is 6.24. The second-order valence-corrected chi connectivity index (χ2v) is 7.94. The van der Waals surface area contributed by atoms with Crippen LogP contribution in [0.4, 0.5) is 0 Å². The molecule has 0 bridgehead atoms. The Morgan fingerprint density at radius 2 is 1.56 bits per heavy atom. The zero-order valence-corrected chi connectivity index (χ0v) is 17.2. The first-order valence-corrected chi connectivity index (χ1v) is 11.0. The van der Waals surface area contributed by atoms with Crippen LogP contribution in [0.3, 0.4) is 0 Å². The standard InChI is InChI=1S/C24H38O3/c1-26-24(25)20-23-19-13-18-22(27-23)17-12-7-5-3-2-4-6-9-14-21-15-10-8-11-16-21/h8,10-11,15-16,22-23H,2-7,9,12-14,17-20H2,1H3/t22-,23-/m0/s1. The Morgan fingerprint density at radius 3 is 2.26 bits per heavy atom. The van der Waals surface area contributed by atoms with Crippen LogP contribution >= 0.6 is 0 Å². The van der Waals surface area contributed by atoms with Crippen molar-refractivity contribution in [3.63, 3.8) is 0 Å². The maximum Gasteiger partial charge on any atom is 0.308 e. The van der Waals surface area contributed by atoms with Crippen molar-refractivity contribution in [1.29, 1.82) is 0 Å². The number of hydrogen-bond donors (Lipinski definition) is 0. The molecule has 0 aromatic heterocycles. The van der Waals surface area contributed by atoms with Crippen molar-refractivity contribution in [2.75, 3.05) is 7.11 Å². The minimum atomic E-state index is -0.149. The number of carbonyl (C=O) groups excluding carboxylic acids is 1. The van der Waals surface area contributed by atoms with Gasteiger partial charge in [0.2, 0.25) is 0 Å². The van der Waals surface area contributed by atoms with Gasteiger partial charge in [-0.2, -0.15) is 0 Å². The molecule has 0 saturated carbocycles. The zero-order valence-electron chi connectivity index (χ0n) is 17.2. The normalized spacial score (nSPS) is 19.7. The molecule has 0 radical (unpaired) electrons. The van der Waals surface area contributed by atoms with Crippen molar-refractivity contribution in [2.24, 2.45) is 0 Å². The van der Waals surface area contributed by atoms with E-state index in [9.17, 15) is 4.79 Å². The van der Waals surface area contributed by atoms with Gasteiger partial charge in [0.15, 0.2) is 0 Å². The molecule has 0 aliphatic carbocycles. The number of carbonyl (C=O) groups is 1. The Morgan fingerprint density at radius 1 is 0.926 bits per heavy atom. The van der Waals surface area contributed by atoms with Crippen molar-refractivity contribution in [3.8, 4) is 0 Å². The fourth-order valence-electron chi connectivity index (χ4n) is 4.02. The number of ether oxygens (including phenoxy) is 2. The zero-order chi connectivity index (χ0) is 19.2. The molecule has 0 amide bonds. The van der Waals surface area contributed by atoms with Crippen molar-refractivity contribution in [2.45, 2.75) is 102 Å². The van der Waals surface area contributed by atoms with Gasteiger partial charge in [0.05, 0.1) is 25.7 Å². The molecule has 0 N–H and O–H groups in total. The molecular formula is C24H38O3. The molecule has 0 spiro atoms. The fraction of sp³-hybridized carbons (Fsp3) is 0.708. The molecule has 3 heteroatoms. The van der Waals surface area contributed by atoms with Crippen LogP contribution in [0.5, 0.6) is 0 Å². The van der Waals surface area contributed by atoms with E-state index >= 15 is 0 Å². The lowest BCUT2D eigenvalue weighted by atomic mass is 9.97. The van der Waals surface area contributed by atoms with Crippen LogP contribution in [0.2, 0.25) is 0 Å². The lowest BCUT2D eigenvalue weighted by Crippen LogP contribution is -2.29. The summed E-state index contributed by atoms with van der Waals surface area (Å²) in [6.07, 6.45) is 17.2. The topological polar surface area (TPSA) is 35.5 Å². The number of rotatable bonds is 13. The first-order chi connectivity index (χ1) is 13.3. The van der Waals surface area contributed by atoms with Gasteiger partial charge in [0, 0.05) is 0 Å². The average Bonchev–Trinajstić information content (AvgIpc) is 2.70. The Balaban J connectivity index is 1.39. The molecule has 3 nitrogen and oxygen atoms in total. The number of benzene rings is 1. The quantitative estimate of drug-likeness (QED) is 0.303. The van der Waals surface area contributed by atoms with Crippen molar-refractivity contribution in [3.05, 3.63) is 35.9 Å². The maximum absolute atomic E-state index is 11.4. The predicted molar refractivity (Wildman–Crippen MR) is 111 cm³/mol.